The van der Waals surface area contributed by atoms with Crippen molar-refractivity contribution in [1.82, 2.24) is 9.97 Å². The zero-order chi connectivity index (χ0) is 15.2. The first-order valence-corrected chi connectivity index (χ1v) is 7.33. The number of aromatic nitrogens is 2. The van der Waals surface area contributed by atoms with Crippen LogP contribution in [-0.2, 0) is 11.3 Å². The summed E-state index contributed by atoms with van der Waals surface area (Å²) in [5, 5.41) is 3.37. The Kier molecular flexibility index (Phi) is 5.28. The first-order chi connectivity index (χ1) is 10.2. The number of anilines is 1. The highest BCUT2D eigenvalue weighted by molar-refractivity contribution is 5.60. The summed E-state index contributed by atoms with van der Waals surface area (Å²) < 4.78 is 5.13. The average molecular weight is 285 g/mol. The van der Waals surface area contributed by atoms with E-state index in [0.717, 1.165) is 47.0 Å². The molecule has 1 aromatic heterocycles. The molecule has 1 heterocycles. The summed E-state index contributed by atoms with van der Waals surface area (Å²) in [7, 11) is 1.70. The molecule has 0 unspecified atom stereocenters. The minimum absolute atomic E-state index is 0.622. The molecule has 0 aliphatic carbocycles. The van der Waals surface area contributed by atoms with Gasteiger partial charge in [0.25, 0.3) is 0 Å². The second-order valence-corrected chi connectivity index (χ2v) is 5.16. The first kappa shape index (κ1) is 15.4. The number of methoxy groups -OCH3 is 1. The fraction of sp³-hybridized carbons (Fsp3) is 0.412. The maximum atomic E-state index is 5.13. The topological polar surface area (TPSA) is 47.0 Å². The Hall–Kier alpha value is -1.94. The fourth-order valence-electron chi connectivity index (χ4n) is 2.09. The van der Waals surface area contributed by atoms with E-state index < -0.39 is 0 Å². The summed E-state index contributed by atoms with van der Waals surface area (Å²) >= 11 is 0. The Labute approximate surface area is 126 Å². The van der Waals surface area contributed by atoms with Gasteiger partial charge in [0.15, 0.2) is 5.82 Å². The smallest absolute Gasteiger partial charge is 0.161 e. The van der Waals surface area contributed by atoms with Crippen molar-refractivity contribution in [3.63, 3.8) is 0 Å². The van der Waals surface area contributed by atoms with Crippen molar-refractivity contribution in [2.75, 3.05) is 19.0 Å². The molecular weight excluding hydrogens is 262 g/mol. The van der Waals surface area contributed by atoms with Gasteiger partial charge in [0, 0.05) is 30.5 Å². The van der Waals surface area contributed by atoms with Crippen LogP contribution in [0.3, 0.4) is 0 Å². The molecule has 0 bridgehead atoms. The van der Waals surface area contributed by atoms with Crippen molar-refractivity contribution < 1.29 is 4.74 Å². The minimum Gasteiger partial charge on any atom is -0.380 e. The van der Waals surface area contributed by atoms with Crippen molar-refractivity contribution in [2.24, 2.45) is 0 Å². The number of nitrogens with zero attached hydrogens (tertiary/aromatic N) is 2. The number of rotatable bonds is 6. The third-order valence-electron chi connectivity index (χ3n) is 3.45. The van der Waals surface area contributed by atoms with Gasteiger partial charge in [0.1, 0.15) is 5.82 Å². The predicted octanol–water partition coefficient (Wildman–Crippen LogP) is 3.73. The van der Waals surface area contributed by atoms with Gasteiger partial charge in [-0.05, 0) is 25.8 Å². The highest BCUT2D eigenvalue weighted by Gasteiger charge is 2.09. The van der Waals surface area contributed by atoms with Crippen molar-refractivity contribution in [1.29, 1.82) is 0 Å². The highest BCUT2D eigenvalue weighted by Crippen LogP contribution is 2.22. The number of benzene rings is 1. The van der Waals surface area contributed by atoms with Gasteiger partial charge in [-0.15, -0.1) is 0 Å². The van der Waals surface area contributed by atoms with Crippen molar-refractivity contribution in [3.8, 4) is 11.4 Å². The Bertz CT molecular complexity index is 594. The molecule has 4 nitrogen and oxygen atoms in total. The standard InChI is InChI=1S/C17H23N3O/c1-5-10-18-16-12(2)13(3)19-17(20-16)15-8-6-14(7-9-15)11-21-4/h6-9H,5,10-11H2,1-4H3,(H,18,19,20). The molecule has 0 radical (unpaired) electrons. The largest absolute Gasteiger partial charge is 0.380 e. The number of hydrogen-bond donors (Lipinski definition) is 1. The molecule has 2 aromatic rings. The van der Waals surface area contributed by atoms with Gasteiger partial charge >= 0.3 is 0 Å². The summed E-state index contributed by atoms with van der Waals surface area (Å²) in [6, 6.07) is 8.19. The second-order valence-electron chi connectivity index (χ2n) is 5.16. The average Bonchev–Trinajstić information content (AvgIpc) is 2.50. The SMILES string of the molecule is CCCNc1nc(-c2ccc(COC)cc2)nc(C)c1C. The quantitative estimate of drug-likeness (QED) is 0.878. The monoisotopic (exact) mass is 285 g/mol. The molecular formula is C17H23N3O. The zero-order valence-electron chi connectivity index (χ0n) is 13.2. The van der Waals surface area contributed by atoms with Gasteiger partial charge in [-0.3, -0.25) is 0 Å². The van der Waals surface area contributed by atoms with Crippen LogP contribution in [0, 0.1) is 13.8 Å². The first-order valence-electron chi connectivity index (χ1n) is 7.33. The minimum atomic E-state index is 0.622. The van der Waals surface area contributed by atoms with E-state index >= 15 is 0 Å². The number of nitrogens with one attached hydrogen (secondary N) is 1. The molecule has 0 amide bonds. The Morgan fingerprint density at radius 2 is 1.81 bits per heavy atom. The van der Waals surface area contributed by atoms with E-state index in [9.17, 15) is 0 Å². The van der Waals surface area contributed by atoms with Gasteiger partial charge in [-0.25, -0.2) is 9.97 Å². The van der Waals surface area contributed by atoms with E-state index in [0.29, 0.717) is 6.61 Å². The molecule has 0 aliphatic heterocycles. The fourth-order valence-corrected chi connectivity index (χ4v) is 2.09. The number of aryl methyl sites for hydroxylation is 1. The van der Waals surface area contributed by atoms with Gasteiger partial charge in [0.2, 0.25) is 0 Å². The van der Waals surface area contributed by atoms with Crippen LogP contribution in [0.1, 0.15) is 30.2 Å². The zero-order valence-corrected chi connectivity index (χ0v) is 13.2. The van der Waals surface area contributed by atoms with Crippen molar-refractivity contribution >= 4 is 5.82 Å². The summed E-state index contributed by atoms with van der Waals surface area (Å²) in [5.74, 6) is 1.70. The van der Waals surface area contributed by atoms with Crippen LogP contribution >= 0.6 is 0 Å². The molecule has 0 spiro atoms. The van der Waals surface area contributed by atoms with Crippen LogP contribution < -0.4 is 5.32 Å². The molecule has 0 fully saturated rings. The van der Waals surface area contributed by atoms with Crippen LogP contribution in [0.5, 0.6) is 0 Å². The molecule has 1 aromatic carbocycles. The summed E-state index contributed by atoms with van der Waals surface area (Å²) in [5.41, 5.74) is 4.30. The second kappa shape index (κ2) is 7.18. The van der Waals surface area contributed by atoms with E-state index in [-0.39, 0.29) is 0 Å². The third-order valence-corrected chi connectivity index (χ3v) is 3.45. The third kappa shape index (κ3) is 3.79. The molecule has 0 saturated carbocycles. The number of ether oxygens (including phenoxy) is 1. The van der Waals surface area contributed by atoms with Crippen molar-refractivity contribution in [3.05, 3.63) is 41.1 Å². The van der Waals surface area contributed by atoms with Crippen LogP contribution in [0.4, 0.5) is 5.82 Å². The Morgan fingerprint density at radius 3 is 2.43 bits per heavy atom. The molecule has 4 heteroatoms. The summed E-state index contributed by atoms with van der Waals surface area (Å²) in [6.07, 6.45) is 1.07. The van der Waals surface area contributed by atoms with Crippen LogP contribution in [0.2, 0.25) is 0 Å². The van der Waals surface area contributed by atoms with Gasteiger partial charge in [0.05, 0.1) is 6.61 Å². The van der Waals surface area contributed by atoms with E-state index in [1.807, 2.05) is 19.1 Å². The van der Waals surface area contributed by atoms with Crippen molar-refractivity contribution in [2.45, 2.75) is 33.8 Å². The lowest BCUT2D eigenvalue weighted by molar-refractivity contribution is 0.185. The van der Waals surface area contributed by atoms with E-state index in [4.69, 9.17) is 4.74 Å². The maximum absolute atomic E-state index is 5.13. The molecule has 0 aliphatic rings. The van der Waals surface area contributed by atoms with E-state index in [2.05, 4.69) is 41.3 Å². The molecule has 2 rings (SSSR count). The van der Waals surface area contributed by atoms with Crippen LogP contribution in [0.25, 0.3) is 11.4 Å². The lowest BCUT2D eigenvalue weighted by atomic mass is 10.1. The van der Waals surface area contributed by atoms with Gasteiger partial charge < -0.3 is 10.1 Å². The molecule has 112 valence electrons. The van der Waals surface area contributed by atoms with E-state index in [1.54, 1.807) is 7.11 Å². The predicted molar refractivity (Wildman–Crippen MR) is 86.4 cm³/mol. The van der Waals surface area contributed by atoms with Gasteiger partial charge in [-0.2, -0.15) is 0 Å². The summed E-state index contributed by atoms with van der Waals surface area (Å²) in [4.78, 5) is 9.27. The Morgan fingerprint density at radius 1 is 1.10 bits per heavy atom. The molecule has 0 saturated heterocycles. The number of hydrogen-bond acceptors (Lipinski definition) is 4. The lowest BCUT2D eigenvalue weighted by Gasteiger charge is -2.12. The maximum Gasteiger partial charge on any atom is 0.161 e. The highest BCUT2D eigenvalue weighted by atomic mass is 16.5. The Balaban J connectivity index is 2.32. The van der Waals surface area contributed by atoms with Crippen LogP contribution in [-0.4, -0.2) is 23.6 Å². The van der Waals surface area contributed by atoms with Gasteiger partial charge in [-0.1, -0.05) is 31.2 Å². The normalized spacial score (nSPS) is 10.7. The molecule has 0 atom stereocenters. The lowest BCUT2D eigenvalue weighted by Crippen LogP contribution is -2.07. The molecule has 1 N–H and O–H groups in total. The van der Waals surface area contributed by atoms with E-state index in [1.165, 1.54) is 0 Å². The van der Waals surface area contributed by atoms with Crippen LogP contribution in [0.15, 0.2) is 24.3 Å². The summed E-state index contributed by atoms with van der Waals surface area (Å²) in [6.45, 7) is 7.77. The molecule has 21 heavy (non-hydrogen) atoms.